The lowest BCUT2D eigenvalue weighted by Crippen LogP contribution is -1.93. The molecule has 0 fully saturated rings. The van der Waals surface area contributed by atoms with Crippen LogP contribution < -0.4 is 5.09 Å². The largest absolute Gasteiger partial charge is 0.306 e. The summed E-state index contributed by atoms with van der Waals surface area (Å²) in [5.74, 6) is 3.05. The van der Waals surface area contributed by atoms with Crippen LogP contribution in [0.15, 0.2) is 95.0 Å². The van der Waals surface area contributed by atoms with Gasteiger partial charge in [-0.25, -0.2) is 4.98 Å². The van der Waals surface area contributed by atoms with E-state index in [4.69, 9.17) is 23.2 Å². The number of hydrogen-bond acceptors (Lipinski definition) is 3. The second kappa shape index (κ2) is 9.72. The van der Waals surface area contributed by atoms with Gasteiger partial charge in [0, 0.05) is 16.1 Å². The Labute approximate surface area is 203 Å². The highest BCUT2D eigenvalue weighted by Gasteiger charge is 2.21. The molecule has 8 heteroatoms. The molecule has 4 rings (SSSR count). The molecule has 1 aromatic heterocycles. The van der Waals surface area contributed by atoms with Crippen LogP contribution in [0.5, 0.6) is 0 Å². The molecule has 0 aliphatic heterocycles. The zero-order valence-corrected chi connectivity index (χ0v) is 20.8. The van der Waals surface area contributed by atoms with Gasteiger partial charge < -0.3 is 5.09 Å². The number of fused-ring (bicyclic) bond motifs is 1. The van der Waals surface area contributed by atoms with Crippen LogP contribution in [0.25, 0.3) is 20.3 Å². The van der Waals surface area contributed by atoms with E-state index < -0.39 is 7.29 Å². The van der Waals surface area contributed by atoms with Crippen molar-refractivity contribution >= 4 is 83.2 Å². The Morgan fingerprint density at radius 3 is 2.00 bits per heavy atom. The molecule has 0 aliphatic rings. The fraction of sp³-hybridized carbons (Fsp3) is 0. The van der Waals surface area contributed by atoms with Gasteiger partial charge in [-0.1, -0.05) is 111 Å². The first kappa shape index (κ1) is 22.3. The predicted octanol–water partition coefficient (Wildman–Crippen LogP) is 9.22. The molecule has 156 valence electrons. The molecule has 0 bridgehead atoms. The molecular formula is C23H16BrCl2N2OPS. The number of halogens is 3. The molecule has 4 aromatic rings. The molecule has 3 nitrogen and oxygen atoms in total. The normalized spacial score (nSPS) is 14.4. The van der Waals surface area contributed by atoms with Crippen molar-refractivity contribution in [3.63, 3.8) is 0 Å². The monoisotopic (exact) mass is 548 g/mol. The zero-order valence-electron chi connectivity index (χ0n) is 16.0. The minimum Gasteiger partial charge on any atom is -0.306 e. The van der Waals surface area contributed by atoms with Gasteiger partial charge in [0.2, 0.25) is 7.29 Å². The summed E-state index contributed by atoms with van der Waals surface area (Å²) in [7, 11) is -3.35. The molecule has 0 spiro atoms. The standard InChI is InChI=1S/C23H16BrCl2N2OPS/c24-18-11-12-21-22(13-18)31-23(27-21)28-30(29,14-19(25)16-7-3-1-4-8-16)15-20(26)17-9-5-2-6-10-17/h1-15H,(H,27,28,29). The van der Waals surface area contributed by atoms with E-state index in [2.05, 4.69) is 26.0 Å². The lowest BCUT2D eigenvalue weighted by Gasteiger charge is -2.13. The highest BCUT2D eigenvalue weighted by molar-refractivity contribution is 9.10. The quantitative estimate of drug-likeness (QED) is 0.244. The molecule has 31 heavy (non-hydrogen) atoms. The second-order valence-electron chi connectivity index (χ2n) is 6.64. The van der Waals surface area contributed by atoms with Crippen molar-refractivity contribution in [3.05, 3.63) is 106 Å². The van der Waals surface area contributed by atoms with Crippen molar-refractivity contribution in [1.29, 1.82) is 0 Å². The van der Waals surface area contributed by atoms with Crippen molar-refractivity contribution in [2.24, 2.45) is 0 Å². The van der Waals surface area contributed by atoms with Gasteiger partial charge >= 0.3 is 0 Å². The van der Waals surface area contributed by atoms with Gasteiger partial charge in [-0.3, -0.25) is 4.57 Å². The van der Waals surface area contributed by atoms with E-state index in [1.54, 1.807) is 0 Å². The van der Waals surface area contributed by atoms with Crippen LogP contribution in [-0.2, 0) is 4.57 Å². The fourth-order valence-corrected chi connectivity index (χ4v) is 7.40. The van der Waals surface area contributed by atoms with Crippen LogP contribution >= 0.6 is 57.8 Å². The van der Waals surface area contributed by atoms with Crippen molar-refractivity contribution in [3.8, 4) is 0 Å². The maximum absolute atomic E-state index is 14.0. The molecule has 0 saturated heterocycles. The fourth-order valence-electron chi connectivity index (χ4n) is 2.88. The van der Waals surface area contributed by atoms with Gasteiger partial charge in [-0.2, -0.15) is 0 Å². The van der Waals surface area contributed by atoms with E-state index in [0.29, 0.717) is 15.2 Å². The Kier molecular flexibility index (Phi) is 7.00. The van der Waals surface area contributed by atoms with Gasteiger partial charge in [-0.15, -0.1) is 0 Å². The Bertz CT molecular complexity index is 1260. The van der Waals surface area contributed by atoms with Crippen LogP contribution in [0.3, 0.4) is 0 Å². The minimum absolute atomic E-state index is 0.370. The number of thiazole rings is 1. The average Bonchev–Trinajstić information content (AvgIpc) is 3.15. The molecule has 3 aromatic carbocycles. The first-order valence-electron chi connectivity index (χ1n) is 9.23. The van der Waals surface area contributed by atoms with Crippen molar-refractivity contribution < 1.29 is 4.57 Å². The number of rotatable bonds is 6. The summed E-state index contributed by atoms with van der Waals surface area (Å²) in [5.41, 5.74) is 2.35. The topological polar surface area (TPSA) is 42.0 Å². The molecule has 0 aliphatic carbocycles. The van der Waals surface area contributed by atoms with E-state index in [1.165, 1.54) is 23.0 Å². The Morgan fingerprint density at radius 2 is 1.45 bits per heavy atom. The van der Waals surface area contributed by atoms with Crippen LogP contribution in [0.1, 0.15) is 11.1 Å². The van der Waals surface area contributed by atoms with E-state index in [-0.39, 0.29) is 0 Å². The van der Waals surface area contributed by atoms with Gasteiger partial charge in [0.1, 0.15) is 0 Å². The highest BCUT2D eigenvalue weighted by Crippen LogP contribution is 2.54. The molecule has 1 heterocycles. The van der Waals surface area contributed by atoms with Crippen LogP contribution in [0.2, 0.25) is 0 Å². The number of benzene rings is 3. The molecule has 0 atom stereocenters. The summed E-state index contributed by atoms with van der Waals surface area (Å²) in [5, 5.41) is 4.36. The maximum Gasteiger partial charge on any atom is 0.217 e. The maximum atomic E-state index is 14.0. The van der Waals surface area contributed by atoms with Gasteiger partial charge in [0.15, 0.2) is 5.13 Å². The lowest BCUT2D eigenvalue weighted by molar-refractivity contribution is 0.589. The number of aromatic nitrogens is 1. The number of nitrogens with zero attached hydrogens (tertiary/aromatic N) is 1. The summed E-state index contributed by atoms with van der Waals surface area (Å²) in [6.45, 7) is 0. The summed E-state index contributed by atoms with van der Waals surface area (Å²) in [4.78, 5) is 4.57. The SMILES string of the molecule is O=P(C=C(Cl)c1ccccc1)(C=C(Cl)c1ccccc1)Nc1nc2ccc(Br)cc2s1. The Balaban J connectivity index is 1.76. The van der Waals surface area contributed by atoms with Gasteiger partial charge in [0.05, 0.1) is 20.3 Å². The molecule has 0 amide bonds. The first-order chi connectivity index (χ1) is 14.9. The predicted molar refractivity (Wildman–Crippen MR) is 139 cm³/mol. The summed E-state index contributed by atoms with van der Waals surface area (Å²) in [6, 6.07) is 24.6. The summed E-state index contributed by atoms with van der Waals surface area (Å²) < 4.78 is 15.9. The van der Waals surface area contributed by atoms with Crippen molar-refractivity contribution in [1.82, 2.24) is 4.98 Å². The zero-order chi connectivity index (χ0) is 21.8. The lowest BCUT2D eigenvalue weighted by atomic mass is 10.2. The van der Waals surface area contributed by atoms with E-state index >= 15 is 0 Å². The number of nitrogens with one attached hydrogen (secondary N) is 1. The third-order valence-corrected chi connectivity index (χ3v) is 8.71. The molecule has 0 radical (unpaired) electrons. The van der Waals surface area contributed by atoms with Crippen molar-refractivity contribution in [2.75, 3.05) is 5.09 Å². The molecule has 0 unspecified atom stereocenters. The highest BCUT2D eigenvalue weighted by atomic mass is 79.9. The van der Waals surface area contributed by atoms with E-state index in [1.807, 2.05) is 78.9 Å². The average molecular weight is 550 g/mol. The van der Waals surface area contributed by atoms with E-state index in [0.717, 1.165) is 25.8 Å². The minimum atomic E-state index is -3.35. The van der Waals surface area contributed by atoms with Gasteiger partial charge in [0.25, 0.3) is 0 Å². The van der Waals surface area contributed by atoms with E-state index in [9.17, 15) is 4.57 Å². The van der Waals surface area contributed by atoms with Crippen molar-refractivity contribution in [2.45, 2.75) is 0 Å². The molecule has 0 saturated carbocycles. The number of hydrogen-bond donors (Lipinski definition) is 1. The van der Waals surface area contributed by atoms with Crippen LogP contribution in [-0.4, -0.2) is 4.98 Å². The third-order valence-electron chi connectivity index (χ3n) is 4.33. The molecular weight excluding hydrogens is 534 g/mol. The summed E-state index contributed by atoms with van der Waals surface area (Å²) in [6.07, 6.45) is 0. The number of anilines is 1. The first-order valence-corrected chi connectivity index (χ1v) is 13.4. The smallest absolute Gasteiger partial charge is 0.217 e. The van der Waals surface area contributed by atoms with Gasteiger partial charge in [-0.05, 0) is 29.3 Å². The Morgan fingerprint density at radius 1 is 0.903 bits per heavy atom. The molecule has 1 N–H and O–H groups in total. The van der Waals surface area contributed by atoms with Crippen LogP contribution in [0, 0.1) is 0 Å². The second-order valence-corrected chi connectivity index (χ2v) is 11.6. The van der Waals surface area contributed by atoms with Crippen LogP contribution in [0.4, 0.5) is 5.13 Å². The summed E-state index contributed by atoms with van der Waals surface area (Å²) >= 11 is 18.0. The third kappa shape index (κ3) is 5.68. The Hall–Kier alpha value is -1.88.